The van der Waals surface area contributed by atoms with Gasteiger partial charge in [-0.1, -0.05) is 11.2 Å². The van der Waals surface area contributed by atoms with Gasteiger partial charge in [-0.15, -0.1) is 0 Å². The summed E-state index contributed by atoms with van der Waals surface area (Å²) in [6.07, 6.45) is -0.0484. The zero-order chi connectivity index (χ0) is 12.1. The summed E-state index contributed by atoms with van der Waals surface area (Å²) in [6.45, 7) is 0. The van der Waals surface area contributed by atoms with Crippen LogP contribution in [0.25, 0.3) is 10.4 Å². The molecule has 0 fully saturated rings. The Kier molecular flexibility index (Phi) is 3.58. The zero-order valence-corrected chi connectivity index (χ0v) is 8.11. The van der Waals surface area contributed by atoms with Gasteiger partial charge in [0.25, 0.3) is 0 Å². The number of carboxylic acids is 1. The molecule has 7 nitrogen and oxygen atoms in total. The molecule has 16 heavy (non-hydrogen) atoms. The van der Waals surface area contributed by atoms with Crippen LogP contribution in [0, 0.1) is 0 Å². The third kappa shape index (κ3) is 2.79. The number of phenolic OH excluding ortho intramolecular Hbond substituents is 2. The van der Waals surface area contributed by atoms with Crippen LogP contribution in [0.15, 0.2) is 23.3 Å². The molecule has 7 heteroatoms. The highest BCUT2D eigenvalue weighted by atomic mass is 16.4. The highest BCUT2D eigenvalue weighted by Gasteiger charge is 2.16. The molecule has 0 bridgehead atoms. The van der Waals surface area contributed by atoms with Gasteiger partial charge in [0.15, 0.2) is 11.5 Å². The summed E-state index contributed by atoms with van der Waals surface area (Å²) >= 11 is 0. The van der Waals surface area contributed by atoms with Crippen molar-refractivity contribution in [1.29, 1.82) is 0 Å². The van der Waals surface area contributed by atoms with Crippen LogP contribution in [0.1, 0.15) is 5.56 Å². The Labute approximate surface area is 90.2 Å². The molecule has 1 rings (SSSR count). The van der Waals surface area contributed by atoms with Crippen LogP contribution in [0.5, 0.6) is 11.5 Å². The Morgan fingerprint density at radius 3 is 2.62 bits per heavy atom. The molecule has 0 aliphatic carbocycles. The minimum absolute atomic E-state index is 0.0484. The second-order valence-corrected chi connectivity index (χ2v) is 3.09. The SMILES string of the molecule is [N-]=[N+]=NC(Cc1ccc(O)c(O)c1)C(=O)O. The van der Waals surface area contributed by atoms with Gasteiger partial charge in [0, 0.05) is 4.91 Å². The van der Waals surface area contributed by atoms with Gasteiger partial charge >= 0.3 is 5.97 Å². The van der Waals surface area contributed by atoms with Gasteiger partial charge < -0.3 is 15.3 Å². The van der Waals surface area contributed by atoms with Crippen molar-refractivity contribution in [3.8, 4) is 11.5 Å². The van der Waals surface area contributed by atoms with Gasteiger partial charge in [0.1, 0.15) is 6.04 Å². The Hall–Kier alpha value is -2.40. The molecule has 0 saturated heterocycles. The topological polar surface area (TPSA) is 127 Å². The number of azide groups is 1. The maximum atomic E-state index is 10.7. The van der Waals surface area contributed by atoms with E-state index in [4.69, 9.17) is 15.7 Å². The second-order valence-electron chi connectivity index (χ2n) is 3.09. The third-order valence-electron chi connectivity index (χ3n) is 1.94. The first-order valence-corrected chi connectivity index (χ1v) is 4.32. The zero-order valence-electron chi connectivity index (χ0n) is 8.11. The van der Waals surface area contributed by atoms with Crippen LogP contribution in [-0.4, -0.2) is 27.3 Å². The summed E-state index contributed by atoms with van der Waals surface area (Å²) < 4.78 is 0. The van der Waals surface area contributed by atoms with Crippen molar-refractivity contribution in [2.24, 2.45) is 5.11 Å². The smallest absolute Gasteiger partial charge is 0.312 e. The van der Waals surface area contributed by atoms with Crippen molar-refractivity contribution in [2.75, 3.05) is 0 Å². The van der Waals surface area contributed by atoms with E-state index in [2.05, 4.69) is 10.0 Å². The van der Waals surface area contributed by atoms with Crippen LogP contribution >= 0.6 is 0 Å². The van der Waals surface area contributed by atoms with E-state index in [1.807, 2.05) is 0 Å². The summed E-state index contributed by atoms with van der Waals surface area (Å²) in [5.41, 5.74) is 8.62. The van der Waals surface area contributed by atoms with Gasteiger partial charge in [-0.05, 0) is 29.6 Å². The van der Waals surface area contributed by atoms with E-state index in [1.165, 1.54) is 18.2 Å². The van der Waals surface area contributed by atoms with E-state index in [0.717, 1.165) is 0 Å². The molecular formula is C9H9N3O4. The summed E-state index contributed by atoms with van der Waals surface area (Å²) in [7, 11) is 0. The van der Waals surface area contributed by atoms with Crippen molar-refractivity contribution < 1.29 is 20.1 Å². The first-order valence-electron chi connectivity index (χ1n) is 4.32. The number of phenols is 2. The number of aromatic hydroxyl groups is 2. The highest BCUT2D eigenvalue weighted by Crippen LogP contribution is 2.25. The van der Waals surface area contributed by atoms with Gasteiger partial charge in [0.2, 0.25) is 0 Å². The van der Waals surface area contributed by atoms with Crippen molar-refractivity contribution in [3.05, 3.63) is 34.2 Å². The predicted octanol–water partition coefficient (Wildman–Crippen LogP) is 1.40. The Bertz CT molecular complexity index is 452. The Morgan fingerprint density at radius 2 is 2.12 bits per heavy atom. The molecule has 0 aliphatic rings. The minimum atomic E-state index is -1.25. The van der Waals surface area contributed by atoms with E-state index in [9.17, 15) is 9.90 Å². The summed E-state index contributed by atoms with van der Waals surface area (Å²) in [5, 5.41) is 30.0. The van der Waals surface area contributed by atoms with Crippen LogP contribution in [0.2, 0.25) is 0 Å². The normalized spacial score (nSPS) is 11.5. The number of carbonyl (C=O) groups is 1. The van der Waals surface area contributed by atoms with Gasteiger partial charge in [-0.3, -0.25) is 4.79 Å². The summed E-state index contributed by atoms with van der Waals surface area (Å²) in [5.74, 6) is -1.88. The molecule has 0 spiro atoms. The quantitative estimate of drug-likeness (QED) is 0.308. The van der Waals surface area contributed by atoms with E-state index in [-0.39, 0.29) is 17.9 Å². The lowest BCUT2D eigenvalue weighted by molar-refractivity contribution is -0.138. The molecule has 0 aromatic heterocycles. The van der Waals surface area contributed by atoms with Crippen LogP contribution in [0.3, 0.4) is 0 Å². The summed E-state index contributed by atoms with van der Waals surface area (Å²) in [6, 6.07) is 2.67. The van der Waals surface area contributed by atoms with E-state index in [0.29, 0.717) is 5.56 Å². The average Bonchev–Trinajstić information content (AvgIpc) is 2.22. The number of aliphatic carboxylic acids is 1. The molecule has 1 aromatic rings. The molecule has 0 amide bonds. The molecule has 0 saturated carbocycles. The lowest BCUT2D eigenvalue weighted by atomic mass is 10.1. The lowest BCUT2D eigenvalue weighted by Crippen LogP contribution is -2.19. The van der Waals surface area contributed by atoms with Crippen molar-refractivity contribution in [2.45, 2.75) is 12.5 Å². The number of benzene rings is 1. The maximum absolute atomic E-state index is 10.7. The van der Waals surface area contributed by atoms with Crippen LogP contribution in [-0.2, 0) is 11.2 Å². The van der Waals surface area contributed by atoms with E-state index >= 15 is 0 Å². The van der Waals surface area contributed by atoms with Crippen LogP contribution in [0.4, 0.5) is 0 Å². The molecule has 1 atom stereocenters. The number of nitrogens with zero attached hydrogens (tertiary/aromatic N) is 3. The largest absolute Gasteiger partial charge is 0.504 e. The molecule has 84 valence electrons. The third-order valence-corrected chi connectivity index (χ3v) is 1.94. The number of hydrogen-bond donors (Lipinski definition) is 3. The van der Waals surface area contributed by atoms with Gasteiger partial charge in [0.05, 0.1) is 0 Å². The van der Waals surface area contributed by atoms with Crippen molar-refractivity contribution >= 4 is 5.97 Å². The number of rotatable bonds is 4. The Morgan fingerprint density at radius 1 is 1.44 bits per heavy atom. The Balaban J connectivity index is 2.89. The lowest BCUT2D eigenvalue weighted by Gasteiger charge is -2.06. The molecule has 3 N–H and O–H groups in total. The van der Waals surface area contributed by atoms with Crippen molar-refractivity contribution in [3.63, 3.8) is 0 Å². The van der Waals surface area contributed by atoms with E-state index < -0.39 is 12.0 Å². The summed E-state index contributed by atoms with van der Waals surface area (Å²) in [4.78, 5) is 13.1. The van der Waals surface area contributed by atoms with Crippen LogP contribution < -0.4 is 0 Å². The highest BCUT2D eigenvalue weighted by molar-refractivity contribution is 5.74. The monoisotopic (exact) mass is 223 g/mol. The van der Waals surface area contributed by atoms with Gasteiger partial charge in [-0.2, -0.15) is 0 Å². The average molecular weight is 223 g/mol. The fraction of sp³-hybridized carbons (Fsp3) is 0.222. The van der Waals surface area contributed by atoms with Crippen molar-refractivity contribution in [1.82, 2.24) is 0 Å². The fourth-order valence-electron chi connectivity index (χ4n) is 1.16. The standard InChI is InChI=1S/C9H9N3O4/c10-12-11-6(9(15)16)3-5-1-2-7(13)8(14)4-5/h1-2,4,6,13-14H,3H2,(H,15,16). The molecule has 0 heterocycles. The fourth-order valence-corrected chi connectivity index (χ4v) is 1.16. The van der Waals surface area contributed by atoms with Gasteiger partial charge in [-0.25, -0.2) is 0 Å². The van der Waals surface area contributed by atoms with E-state index in [1.54, 1.807) is 0 Å². The molecule has 1 unspecified atom stereocenters. The molecular weight excluding hydrogens is 214 g/mol. The number of carboxylic acid groups (broad SMARTS) is 1. The molecule has 0 radical (unpaired) electrons. The first-order chi connectivity index (χ1) is 7.54. The molecule has 0 aliphatic heterocycles. The second kappa shape index (κ2) is 4.90. The minimum Gasteiger partial charge on any atom is -0.504 e. The predicted molar refractivity (Wildman–Crippen MR) is 54.0 cm³/mol. The number of hydrogen-bond acceptors (Lipinski definition) is 4. The first kappa shape index (κ1) is 11.7. The maximum Gasteiger partial charge on any atom is 0.312 e. The molecule has 1 aromatic carbocycles.